The van der Waals surface area contributed by atoms with E-state index in [1.54, 1.807) is 0 Å². The molecule has 0 radical (unpaired) electrons. The Morgan fingerprint density at radius 1 is 1.04 bits per heavy atom. The van der Waals surface area contributed by atoms with Crippen LogP contribution in [0.4, 0.5) is 0 Å². The molecule has 1 rings (SSSR count). The SMILES string of the molecule is O=S(=O)(O)OC(C(O)C[C+]1CC(O)C(O)C1CO)C(O)C(O)C(O)CO. The molecule has 1 fully saturated rings. The molecule has 26 heavy (non-hydrogen) atoms. The van der Waals surface area contributed by atoms with E-state index < -0.39 is 78.7 Å². The second-order valence-corrected chi connectivity index (χ2v) is 7.25. The maximum Gasteiger partial charge on any atom is 0.397 e. The Bertz CT molecular complexity index is 527. The molecule has 154 valence electrons. The van der Waals surface area contributed by atoms with Crippen LogP contribution in [0.3, 0.4) is 0 Å². The minimum atomic E-state index is -5.19. The highest BCUT2D eigenvalue weighted by atomic mass is 32.3. The average molecular weight is 405 g/mol. The highest BCUT2D eigenvalue weighted by Gasteiger charge is 2.52. The molecule has 13 heteroatoms. The zero-order chi connectivity index (χ0) is 20.2. The van der Waals surface area contributed by atoms with Crippen LogP contribution < -0.4 is 0 Å². The molecule has 12 nitrogen and oxygen atoms in total. The minimum absolute atomic E-state index is 0.125. The Morgan fingerprint density at radius 2 is 1.62 bits per heavy atom. The molecule has 0 heterocycles. The molecule has 0 aliphatic heterocycles. The minimum Gasteiger partial charge on any atom is -0.394 e. The lowest BCUT2D eigenvalue weighted by molar-refractivity contribution is -0.133. The van der Waals surface area contributed by atoms with Gasteiger partial charge in [0.2, 0.25) is 0 Å². The van der Waals surface area contributed by atoms with E-state index in [2.05, 4.69) is 4.18 Å². The topological polar surface area (TPSA) is 225 Å². The Morgan fingerprint density at radius 3 is 2.08 bits per heavy atom. The molecule has 0 bridgehead atoms. The predicted molar refractivity (Wildman–Crippen MR) is 82.6 cm³/mol. The Kier molecular flexibility index (Phi) is 8.63. The highest BCUT2D eigenvalue weighted by Crippen LogP contribution is 2.38. The molecule has 0 spiro atoms. The third-order valence-corrected chi connectivity index (χ3v) is 4.82. The lowest BCUT2D eigenvalue weighted by atomic mass is 9.87. The lowest BCUT2D eigenvalue weighted by Gasteiger charge is -2.30. The third-order valence-electron chi connectivity index (χ3n) is 4.35. The van der Waals surface area contributed by atoms with Crippen LogP contribution in [0.2, 0.25) is 0 Å². The zero-order valence-corrected chi connectivity index (χ0v) is 14.4. The third kappa shape index (κ3) is 5.97. The summed E-state index contributed by atoms with van der Waals surface area (Å²) in [5.74, 6) is -0.676. The van der Waals surface area contributed by atoms with Gasteiger partial charge in [-0.3, -0.25) is 4.55 Å². The normalized spacial score (nSPS) is 30.0. The average Bonchev–Trinajstić information content (AvgIpc) is 2.82. The first-order valence-electron chi connectivity index (χ1n) is 7.73. The van der Waals surface area contributed by atoms with Gasteiger partial charge in [-0.05, 0) is 0 Å². The largest absolute Gasteiger partial charge is 0.397 e. The smallest absolute Gasteiger partial charge is 0.394 e. The zero-order valence-electron chi connectivity index (χ0n) is 13.6. The second-order valence-electron chi connectivity index (χ2n) is 6.20. The van der Waals surface area contributed by atoms with Crippen LogP contribution in [0.25, 0.3) is 0 Å². The fraction of sp³-hybridized carbons (Fsp3) is 0.923. The van der Waals surface area contributed by atoms with Gasteiger partial charge >= 0.3 is 10.4 Å². The summed E-state index contributed by atoms with van der Waals surface area (Å²) < 4.78 is 34.9. The maximum atomic E-state index is 11.0. The standard InChI is InChI=1S/C13H24O12S/c14-3-6-5(1-7(16)10(6)19)2-8(17)13(25-26(22,23)24)12(21)11(20)9(18)4-15/h6-21H,1-4H2/p+1. The van der Waals surface area contributed by atoms with Gasteiger partial charge in [0.05, 0.1) is 13.2 Å². The van der Waals surface area contributed by atoms with Crippen molar-refractivity contribution in [1.29, 1.82) is 0 Å². The Balaban J connectivity index is 2.95. The molecule has 0 aromatic carbocycles. The summed E-state index contributed by atoms with van der Waals surface area (Å²) in [7, 11) is -5.19. The van der Waals surface area contributed by atoms with E-state index in [1.165, 1.54) is 0 Å². The van der Waals surface area contributed by atoms with Crippen molar-refractivity contribution in [2.45, 2.75) is 55.6 Å². The highest BCUT2D eigenvalue weighted by molar-refractivity contribution is 7.80. The molecule has 0 saturated heterocycles. The molecule has 0 aromatic heterocycles. The van der Waals surface area contributed by atoms with Crippen molar-refractivity contribution in [1.82, 2.24) is 0 Å². The van der Waals surface area contributed by atoms with Gasteiger partial charge in [0.15, 0.2) is 5.92 Å². The predicted octanol–water partition coefficient (Wildman–Crippen LogP) is -4.69. The number of aliphatic hydroxyl groups is 8. The fourth-order valence-corrected chi connectivity index (χ4v) is 3.45. The van der Waals surface area contributed by atoms with Crippen molar-refractivity contribution in [3.8, 4) is 0 Å². The Hall–Kier alpha value is -0.580. The summed E-state index contributed by atoms with van der Waals surface area (Å²) in [6.45, 7) is -1.56. The first kappa shape index (κ1) is 23.5. The molecule has 0 amide bonds. The summed E-state index contributed by atoms with van der Waals surface area (Å²) in [6, 6.07) is 0. The lowest BCUT2D eigenvalue weighted by Crippen LogP contribution is -2.52. The second kappa shape index (κ2) is 9.57. The van der Waals surface area contributed by atoms with Crippen molar-refractivity contribution >= 4 is 10.4 Å². The van der Waals surface area contributed by atoms with E-state index in [-0.39, 0.29) is 12.3 Å². The van der Waals surface area contributed by atoms with E-state index >= 15 is 0 Å². The molecule has 0 aromatic rings. The number of aliphatic hydroxyl groups excluding tert-OH is 8. The molecular formula is C13H25O12S+. The van der Waals surface area contributed by atoms with Crippen LogP contribution in [0.15, 0.2) is 0 Å². The molecule has 1 saturated carbocycles. The van der Waals surface area contributed by atoms with Crippen molar-refractivity contribution in [2.24, 2.45) is 5.92 Å². The summed E-state index contributed by atoms with van der Waals surface area (Å²) in [4.78, 5) is 0. The van der Waals surface area contributed by atoms with Crippen LogP contribution in [0.1, 0.15) is 12.8 Å². The van der Waals surface area contributed by atoms with Gasteiger partial charge in [-0.25, -0.2) is 4.18 Å². The summed E-state index contributed by atoms with van der Waals surface area (Å²) in [5, 5.41) is 76.6. The van der Waals surface area contributed by atoms with E-state index in [0.717, 1.165) is 0 Å². The van der Waals surface area contributed by atoms with Crippen LogP contribution >= 0.6 is 0 Å². The van der Waals surface area contributed by atoms with Crippen molar-refractivity contribution in [3.05, 3.63) is 5.92 Å². The van der Waals surface area contributed by atoms with Crippen molar-refractivity contribution in [2.75, 3.05) is 13.2 Å². The monoisotopic (exact) mass is 405 g/mol. The summed E-state index contributed by atoms with van der Waals surface area (Å²) >= 11 is 0. The van der Waals surface area contributed by atoms with Gasteiger partial charge in [0.1, 0.15) is 61.5 Å². The van der Waals surface area contributed by atoms with Gasteiger partial charge < -0.3 is 40.9 Å². The molecular weight excluding hydrogens is 380 g/mol. The van der Waals surface area contributed by atoms with Gasteiger partial charge in [-0.2, -0.15) is 8.42 Å². The van der Waals surface area contributed by atoms with E-state index in [9.17, 15) is 44.2 Å². The van der Waals surface area contributed by atoms with Gasteiger partial charge in [0, 0.05) is 0 Å². The molecule has 1 aliphatic carbocycles. The van der Waals surface area contributed by atoms with Gasteiger partial charge in [-0.15, -0.1) is 0 Å². The quantitative estimate of drug-likeness (QED) is 0.123. The first-order valence-corrected chi connectivity index (χ1v) is 9.09. The van der Waals surface area contributed by atoms with Crippen molar-refractivity contribution < 1.29 is 58.0 Å². The van der Waals surface area contributed by atoms with Gasteiger partial charge in [0.25, 0.3) is 0 Å². The fourth-order valence-electron chi connectivity index (χ4n) is 2.93. The Labute approximate surface area is 149 Å². The van der Waals surface area contributed by atoms with Crippen LogP contribution in [0, 0.1) is 11.8 Å². The number of hydrogen-bond acceptors (Lipinski definition) is 11. The van der Waals surface area contributed by atoms with Gasteiger partial charge in [-0.1, -0.05) is 0 Å². The number of hydrogen-bond donors (Lipinski definition) is 9. The molecule has 8 atom stereocenters. The number of rotatable bonds is 10. The molecule has 8 unspecified atom stereocenters. The van der Waals surface area contributed by atoms with E-state index in [4.69, 9.17) is 9.66 Å². The summed E-state index contributed by atoms with van der Waals surface area (Å²) in [6.07, 6.45) is -13.4. The first-order chi connectivity index (χ1) is 11.9. The maximum absolute atomic E-state index is 11.0. The van der Waals surface area contributed by atoms with Crippen LogP contribution in [-0.2, 0) is 14.6 Å². The van der Waals surface area contributed by atoms with Crippen LogP contribution in [0.5, 0.6) is 0 Å². The van der Waals surface area contributed by atoms with E-state index in [0.29, 0.717) is 0 Å². The molecule has 1 aliphatic rings. The molecule has 9 N–H and O–H groups in total. The summed E-state index contributed by atoms with van der Waals surface area (Å²) in [5.41, 5.74) is 0. The van der Waals surface area contributed by atoms with Crippen LogP contribution in [-0.4, -0.2) is 110 Å². The van der Waals surface area contributed by atoms with E-state index in [1.807, 2.05) is 0 Å². The van der Waals surface area contributed by atoms with Crippen molar-refractivity contribution in [3.63, 3.8) is 0 Å².